The van der Waals surface area contributed by atoms with Crippen LogP contribution < -0.4 is 5.32 Å². The predicted molar refractivity (Wildman–Crippen MR) is 79.4 cm³/mol. The van der Waals surface area contributed by atoms with Gasteiger partial charge in [-0.05, 0) is 38.0 Å². The standard InChI is InChI=1S/C13H17ClN2O2S/c1-19-10-4-2-9(3-5-10)16-12-11(14)6-8(7-15-12)13(17)18/h6-7,9-10H,2-5H2,1H3,(H,15,16)(H,17,18). The molecule has 1 aliphatic carbocycles. The smallest absolute Gasteiger partial charge is 0.337 e. The molecule has 2 rings (SSSR count). The topological polar surface area (TPSA) is 62.2 Å². The molecule has 0 radical (unpaired) electrons. The van der Waals surface area contributed by atoms with Crippen LogP contribution in [0, 0.1) is 0 Å². The Morgan fingerprint density at radius 1 is 1.47 bits per heavy atom. The number of nitrogens with one attached hydrogen (secondary N) is 1. The zero-order valence-electron chi connectivity index (χ0n) is 10.7. The lowest BCUT2D eigenvalue weighted by Gasteiger charge is -2.28. The number of hydrogen-bond acceptors (Lipinski definition) is 4. The van der Waals surface area contributed by atoms with E-state index in [1.807, 2.05) is 11.8 Å². The number of carboxylic acid groups (broad SMARTS) is 1. The molecule has 0 saturated heterocycles. The molecular weight excluding hydrogens is 284 g/mol. The number of carboxylic acids is 1. The van der Waals surface area contributed by atoms with Gasteiger partial charge < -0.3 is 10.4 Å². The van der Waals surface area contributed by atoms with Crippen molar-refractivity contribution in [1.29, 1.82) is 0 Å². The summed E-state index contributed by atoms with van der Waals surface area (Å²) in [5.74, 6) is -0.430. The first kappa shape index (κ1) is 14.5. The van der Waals surface area contributed by atoms with Gasteiger partial charge in [-0.1, -0.05) is 11.6 Å². The molecule has 4 nitrogen and oxygen atoms in total. The lowest BCUT2D eigenvalue weighted by molar-refractivity contribution is 0.0696. The van der Waals surface area contributed by atoms with Crippen LogP contribution >= 0.6 is 23.4 Å². The number of aromatic nitrogens is 1. The maximum absolute atomic E-state index is 10.8. The first-order chi connectivity index (χ1) is 9.10. The van der Waals surface area contributed by atoms with Crippen LogP contribution in [-0.2, 0) is 0 Å². The molecule has 1 aliphatic rings. The van der Waals surface area contributed by atoms with Crippen molar-refractivity contribution in [2.24, 2.45) is 0 Å². The van der Waals surface area contributed by atoms with Gasteiger partial charge in [-0.2, -0.15) is 11.8 Å². The molecular formula is C13H17ClN2O2S. The van der Waals surface area contributed by atoms with Gasteiger partial charge in [0.2, 0.25) is 0 Å². The second-order valence-electron chi connectivity index (χ2n) is 4.71. The first-order valence-electron chi connectivity index (χ1n) is 6.28. The molecule has 1 fully saturated rings. The Hall–Kier alpha value is -0.940. The summed E-state index contributed by atoms with van der Waals surface area (Å²) in [5, 5.41) is 13.3. The number of pyridine rings is 1. The van der Waals surface area contributed by atoms with E-state index < -0.39 is 5.97 Å². The minimum Gasteiger partial charge on any atom is -0.478 e. The molecule has 2 N–H and O–H groups in total. The Morgan fingerprint density at radius 3 is 2.68 bits per heavy atom. The van der Waals surface area contributed by atoms with Crippen LogP contribution in [-0.4, -0.2) is 33.6 Å². The average Bonchev–Trinajstić information content (AvgIpc) is 2.41. The number of halogens is 1. The summed E-state index contributed by atoms with van der Waals surface area (Å²) >= 11 is 7.98. The fourth-order valence-corrected chi connectivity index (χ4v) is 3.26. The number of aromatic carboxylic acids is 1. The number of hydrogen-bond donors (Lipinski definition) is 2. The van der Waals surface area contributed by atoms with Crippen LogP contribution in [0.4, 0.5) is 5.82 Å². The van der Waals surface area contributed by atoms with Gasteiger partial charge in [-0.25, -0.2) is 9.78 Å². The van der Waals surface area contributed by atoms with E-state index in [1.165, 1.54) is 25.1 Å². The molecule has 0 aromatic carbocycles. The molecule has 0 spiro atoms. The third-order valence-electron chi connectivity index (χ3n) is 3.44. The second kappa shape index (κ2) is 6.48. The van der Waals surface area contributed by atoms with Gasteiger partial charge in [-0.15, -0.1) is 0 Å². The maximum atomic E-state index is 10.8. The molecule has 19 heavy (non-hydrogen) atoms. The van der Waals surface area contributed by atoms with Crippen molar-refractivity contribution >= 4 is 35.1 Å². The highest BCUT2D eigenvalue weighted by Crippen LogP contribution is 2.30. The Morgan fingerprint density at radius 2 is 2.16 bits per heavy atom. The molecule has 1 aromatic rings. The van der Waals surface area contributed by atoms with Gasteiger partial charge in [0.25, 0.3) is 0 Å². The van der Waals surface area contributed by atoms with Crippen molar-refractivity contribution in [3.8, 4) is 0 Å². The molecule has 6 heteroatoms. The highest BCUT2D eigenvalue weighted by Gasteiger charge is 2.21. The zero-order valence-corrected chi connectivity index (χ0v) is 12.3. The highest BCUT2D eigenvalue weighted by molar-refractivity contribution is 7.99. The Kier molecular flexibility index (Phi) is 4.93. The van der Waals surface area contributed by atoms with Crippen molar-refractivity contribution in [3.05, 3.63) is 22.8 Å². The van der Waals surface area contributed by atoms with E-state index in [4.69, 9.17) is 16.7 Å². The fraction of sp³-hybridized carbons (Fsp3) is 0.538. The number of carbonyl (C=O) groups is 1. The van der Waals surface area contributed by atoms with Crippen molar-refractivity contribution in [2.45, 2.75) is 37.0 Å². The lowest BCUT2D eigenvalue weighted by Crippen LogP contribution is -2.27. The number of thioether (sulfide) groups is 1. The zero-order chi connectivity index (χ0) is 13.8. The third-order valence-corrected chi connectivity index (χ3v) is 4.86. The van der Waals surface area contributed by atoms with E-state index in [0.29, 0.717) is 16.9 Å². The largest absolute Gasteiger partial charge is 0.478 e. The van der Waals surface area contributed by atoms with Gasteiger partial charge in [0.1, 0.15) is 5.82 Å². The molecule has 1 saturated carbocycles. The van der Waals surface area contributed by atoms with E-state index in [1.54, 1.807) is 0 Å². The minimum absolute atomic E-state index is 0.113. The summed E-state index contributed by atoms with van der Waals surface area (Å²) < 4.78 is 0. The summed E-state index contributed by atoms with van der Waals surface area (Å²) in [7, 11) is 0. The normalized spacial score (nSPS) is 23.1. The van der Waals surface area contributed by atoms with Crippen LogP contribution in [0.15, 0.2) is 12.3 Å². The van der Waals surface area contributed by atoms with E-state index in [0.717, 1.165) is 18.1 Å². The van der Waals surface area contributed by atoms with Crippen molar-refractivity contribution in [3.63, 3.8) is 0 Å². The van der Waals surface area contributed by atoms with E-state index >= 15 is 0 Å². The summed E-state index contributed by atoms with van der Waals surface area (Å²) in [6.07, 6.45) is 8.09. The van der Waals surface area contributed by atoms with Crippen LogP contribution in [0.2, 0.25) is 5.02 Å². The lowest BCUT2D eigenvalue weighted by atomic mass is 9.95. The van der Waals surface area contributed by atoms with Gasteiger partial charge in [0.05, 0.1) is 10.6 Å². The van der Waals surface area contributed by atoms with Crippen molar-refractivity contribution < 1.29 is 9.90 Å². The maximum Gasteiger partial charge on any atom is 0.337 e. The monoisotopic (exact) mass is 300 g/mol. The van der Waals surface area contributed by atoms with E-state index in [9.17, 15) is 4.79 Å². The molecule has 0 unspecified atom stereocenters. The molecule has 0 bridgehead atoms. The Labute approximate surface area is 121 Å². The molecule has 104 valence electrons. The van der Waals surface area contributed by atoms with Crippen LogP contribution in [0.25, 0.3) is 0 Å². The summed E-state index contributed by atoms with van der Waals surface area (Å²) in [4.78, 5) is 14.9. The van der Waals surface area contributed by atoms with Crippen LogP contribution in [0.3, 0.4) is 0 Å². The molecule has 0 aliphatic heterocycles. The average molecular weight is 301 g/mol. The molecule has 1 aromatic heterocycles. The Bertz CT molecular complexity index is 462. The van der Waals surface area contributed by atoms with Crippen LogP contribution in [0.1, 0.15) is 36.0 Å². The fourth-order valence-electron chi connectivity index (χ4n) is 2.30. The van der Waals surface area contributed by atoms with Crippen molar-refractivity contribution in [2.75, 3.05) is 11.6 Å². The molecule has 1 heterocycles. The van der Waals surface area contributed by atoms with Gasteiger partial charge in [0.15, 0.2) is 0 Å². The SMILES string of the molecule is CSC1CCC(Nc2ncc(C(=O)O)cc2Cl)CC1. The van der Waals surface area contributed by atoms with E-state index in [-0.39, 0.29) is 5.56 Å². The minimum atomic E-state index is -1.01. The van der Waals surface area contributed by atoms with E-state index in [2.05, 4.69) is 16.6 Å². The number of nitrogens with zero attached hydrogens (tertiary/aromatic N) is 1. The first-order valence-corrected chi connectivity index (χ1v) is 7.95. The second-order valence-corrected chi connectivity index (χ2v) is 6.26. The summed E-state index contributed by atoms with van der Waals surface area (Å²) in [6.45, 7) is 0. The van der Waals surface area contributed by atoms with Gasteiger partial charge >= 0.3 is 5.97 Å². The molecule has 0 atom stereocenters. The molecule has 0 amide bonds. The van der Waals surface area contributed by atoms with Crippen molar-refractivity contribution in [1.82, 2.24) is 4.98 Å². The van der Waals surface area contributed by atoms with Crippen LogP contribution in [0.5, 0.6) is 0 Å². The summed E-state index contributed by atoms with van der Waals surface area (Å²) in [6, 6.07) is 1.82. The highest BCUT2D eigenvalue weighted by atomic mass is 35.5. The summed E-state index contributed by atoms with van der Waals surface area (Å²) in [5.41, 5.74) is 0.113. The van der Waals surface area contributed by atoms with Gasteiger partial charge in [-0.3, -0.25) is 0 Å². The Balaban J connectivity index is 1.98. The number of rotatable bonds is 4. The quantitative estimate of drug-likeness (QED) is 0.891. The number of anilines is 1. The van der Waals surface area contributed by atoms with Gasteiger partial charge in [0, 0.05) is 17.5 Å². The third kappa shape index (κ3) is 3.76. The predicted octanol–water partition coefficient (Wildman–Crippen LogP) is 3.52.